The van der Waals surface area contributed by atoms with E-state index in [0.29, 0.717) is 18.8 Å². The second kappa shape index (κ2) is 5.64. The molecule has 1 aliphatic rings. The third-order valence-corrected chi connectivity index (χ3v) is 3.61. The Hall–Kier alpha value is -1.51. The van der Waals surface area contributed by atoms with Crippen LogP contribution in [0.15, 0.2) is 23.4 Å². The van der Waals surface area contributed by atoms with Crippen molar-refractivity contribution in [1.29, 1.82) is 0 Å². The maximum atomic E-state index is 11.8. The van der Waals surface area contributed by atoms with E-state index < -0.39 is 15.9 Å². The Balaban J connectivity index is 2.01. The number of carbonyl (C=O) groups is 1. The molecule has 0 bridgehead atoms. The predicted molar refractivity (Wildman–Crippen MR) is 68.6 cm³/mol. The van der Waals surface area contributed by atoms with Crippen molar-refractivity contribution in [2.75, 3.05) is 31.3 Å². The summed E-state index contributed by atoms with van der Waals surface area (Å²) < 4.78 is 27.8. The van der Waals surface area contributed by atoms with E-state index in [-0.39, 0.29) is 10.9 Å². The van der Waals surface area contributed by atoms with Gasteiger partial charge in [-0.05, 0) is 12.1 Å². The molecule has 0 radical (unpaired) electrons. The van der Waals surface area contributed by atoms with Gasteiger partial charge in [0.25, 0.3) is 5.91 Å². The molecule has 7 nitrogen and oxygen atoms in total. The van der Waals surface area contributed by atoms with Gasteiger partial charge in [0, 0.05) is 19.3 Å². The molecule has 2 N–H and O–H groups in total. The minimum atomic E-state index is -3.33. The van der Waals surface area contributed by atoms with E-state index in [1.54, 1.807) is 0 Å². The number of anilines is 1. The molecular formula is C11H15N3O4S. The minimum Gasteiger partial charge on any atom is -0.366 e. The van der Waals surface area contributed by atoms with Crippen molar-refractivity contribution < 1.29 is 17.9 Å². The number of rotatable bonds is 3. The fourth-order valence-corrected chi connectivity index (χ4v) is 2.19. The van der Waals surface area contributed by atoms with E-state index in [4.69, 9.17) is 4.74 Å². The van der Waals surface area contributed by atoms with E-state index in [1.807, 2.05) is 0 Å². The number of ether oxygens (including phenoxy) is 1. The first-order valence-corrected chi connectivity index (χ1v) is 7.65. The average molecular weight is 285 g/mol. The lowest BCUT2D eigenvalue weighted by Crippen LogP contribution is -2.45. The molecule has 1 unspecified atom stereocenters. The topological polar surface area (TPSA) is 97.4 Å². The SMILES string of the molecule is CS(=O)(=O)c1ccc(NC(=O)C2CNCCO2)cn1. The number of aromatic nitrogens is 1. The molecule has 0 saturated carbocycles. The fraction of sp³-hybridized carbons (Fsp3) is 0.455. The van der Waals surface area contributed by atoms with Crippen LogP contribution in [-0.4, -0.2) is 51.4 Å². The number of amides is 1. The first-order chi connectivity index (χ1) is 8.97. The molecule has 1 aromatic heterocycles. The summed E-state index contributed by atoms with van der Waals surface area (Å²) in [7, 11) is -3.33. The van der Waals surface area contributed by atoms with Crippen LogP contribution in [0.2, 0.25) is 0 Å². The summed E-state index contributed by atoms with van der Waals surface area (Å²) in [6.07, 6.45) is 1.85. The number of nitrogens with zero attached hydrogens (tertiary/aromatic N) is 1. The van der Waals surface area contributed by atoms with Crippen LogP contribution in [0.3, 0.4) is 0 Å². The summed E-state index contributed by atoms with van der Waals surface area (Å²) in [5.41, 5.74) is 0.437. The summed E-state index contributed by atoms with van der Waals surface area (Å²) in [6.45, 7) is 1.68. The third kappa shape index (κ3) is 3.72. The van der Waals surface area contributed by atoms with E-state index in [0.717, 1.165) is 12.8 Å². The van der Waals surface area contributed by atoms with Gasteiger partial charge in [0.15, 0.2) is 14.9 Å². The largest absolute Gasteiger partial charge is 0.366 e. The zero-order chi connectivity index (χ0) is 13.9. The van der Waals surface area contributed by atoms with Gasteiger partial charge in [0.2, 0.25) is 0 Å². The third-order valence-electron chi connectivity index (χ3n) is 2.60. The van der Waals surface area contributed by atoms with Gasteiger partial charge in [-0.2, -0.15) is 0 Å². The van der Waals surface area contributed by atoms with Crippen molar-refractivity contribution in [2.24, 2.45) is 0 Å². The quantitative estimate of drug-likeness (QED) is 0.770. The number of pyridine rings is 1. The molecule has 104 valence electrons. The minimum absolute atomic E-state index is 0.0268. The average Bonchev–Trinajstić information content (AvgIpc) is 2.39. The summed E-state index contributed by atoms with van der Waals surface area (Å²) in [5.74, 6) is -0.277. The molecule has 0 aromatic carbocycles. The molecule has 2 heterocycles. The van der Waals surface area contributed by atoms with Crippen LogP contribution in [0, 0.1) is 0 Å². The second-order valence-corrected chi connectivity index (χ2v) is 6.17. The van der Waals surface area contributed by atoms with Crippen molar-refractivity contribution in [2.45, 2.75) is 11.1 Å². The van der Waals surface area contributed by atoms with E-state index >= 15 is 0 Å². The first kappa shape index (κ1) is 13.9. The first-order valence-electron chi connectivity index (χ1n) is 5.76. The van der Waals surface area contributed by atoms with Crippen LogP contribution in [-0.2, 0) is 19.4 Å². The molecule has 1 aliphatic heterocycles. The number of carbonyl (C=O) groups excluding carboxylic acids is 1. The standard InChI is InChI=1S/C11H15N3O4S/c1-19(16,17)10-3-2-8(6-13-10)14-11(15)9-7-12-4-5-18-9/h2-3,6,9,12H,4-5,7H2,1H3,(H,14,15). The van der Waals surface area contributed by atoms with E-state index in [9.17, 15) is 13.2 Å². The number of hydrogen-bond donors (Lipinski definition) is 2. The fourth-order valence-electron chi connectivity index (χ4n) is 1.63. The molecule has 0 spiro atoms. The lowest BCUT2D eigenvalue weighted by atomic mass is 10.3. The van der Waals surface area contributed by atoms with E-state index in [1.165, 1.54) is 18.3 Å². The van der Waals surface area contributed by atoms with Gasteiger partial charge in [0.05, 0.1) is 18.5 Å². The van der Waals surface area contributed by atoms with Gasteiger partial charge < -0.3 is 15.4 Å². The van der Waals surface area contributed by atoms with Crippen LogP contribution in [0.25, 0.3) is 0 Å². The summed E-state index contributed by atoms with van der Waals surface area (Å²) >= 11 is 0. The maximum Gasteiger partial charge on any atom is 0.254 e. The van der Waals surface area contributed by atoms with Crippen molar-refractivity contribution in [3.05, 3.63) is 18.3 Å². The van der Waals surface area contributed by atoms with Gasteiger partial charge in [-0.3, -0.25) is 4.79 Å². The molecule has 1 amide bonds. The van der Waals surface area contributed by atoms with Crippen LogP contribution in [0.5, 0.6) is 0 Å². The zero-order valence-electron chi connectivity index (χ0n) is 10.4. The number of hydrogen-bond acceptors (Lipinski definition) is 6. The Bertz CT molecular complexity index is 550. The van der Waals surface area contributed by atoms with Crippen LogP contribution < -0.4 is 10.6 Å². The molecule has 19 heavy (non-hydrogen) atoms. The molecule has 1 saturated heterocycles. The highest BCUT2D eigenvalue weighted by atomic mass is 32.2. The predicted octanol–water partition coefficient (Wildman–Crippen LogP) is -0.588. The molecule has 8 heteroatoms. The van der Waals surface area contributed by atoms with Gasteiger partial charge in [-0.1, -0.05) is 0 Å². The highest BCUT2D eigenvalue weighted by molar-refractivity contribution is 7.90. The van der Waals surface area contributed by atoms with Crippen LogP contribution >= 0.6 is 0 Å². The van der Waals surface area contributed by atoms with Crippen LogP contribution in [0.4, 0.5) is 5.69 Å². The van der Waals surface area contributed by atoms with Gasteiger partial charge in [-0.15, -0.1) is 0 Å². The van der Waals surface area contributed by atoms with Gasteiger partial charge in [0.1, 0.15) is 6.10 Å². The molecule has 1 atom stereocenters. The Kier molecular flexibility index (Phi) is 4.13. The van der Waals surface area contributed by atoms with E-state index in [2.05, 4.69) is 15.6 Å². The zero-order valence-corrected chi connectivity index (χ0v) is 11.2. The Labute approximate surface area is 111 Å². The van der Waals surface area contributed by atoms with Crippen molar-refractivity contribution in [1.82, 2.24) is 10.3 Å². The Morgan fingerprint density at radius 3 is 2.84 bits per heavy atom. The number of sulfone groups is 1. The number of nitrogens with one attached hydrogen (secondary N) is 2. The lowest BCUT2D eigenvalue weighted by Gasteiger charge is -2.22. The summed E-state index contributed by atoms with van der Waals surface area (Å²) in [5, 5.41) is 5.65. The second-order valence-electron chi connectivity index (χ2n) is 4.21. The van der Waals surface area contributed by atoms with Crippen molar-refractivity contribution >= 4 is 21.4 Å². The Morgan fingerprint density at radius 2 is 2.32 bits per heavy atom. The van der Waals surface area contributed by atoms with Crippen molar-refractivity contribution in [3.63, 3.8) is 0 Å². The molecule has 1 aromatic rings. The lowest BCUT2D eigenvalue weighted by molar-refractivity contribution is -0.128. The van der Waals surface area contributed by atoms with Crippen molar-refractivity contribution in [3.8, 4) is 0 Å². The summed E-state index contributed by atoms with van der Waals surface area (Å²) in [6, 6.07) is 2.85. The van der Waals surface area contributed by atoms with Gasteiger partial charge in [-0.25, -0.2) is 13.4 Å². The Morgan fingerprint density at radius 1 is 1.53 bits per heavy atom. The monoisotopic (exact) mass is 285 g/mol. The highest BCUT2D eigenvalue weighted by Gasteiger charge is 2.21. The summed E-state index contributed by atoms with van der Waals surface area (Å²) in [4.78, 5) is 15.6. The van der Waals surface area contributed by atoms with Crippen LogP contribution in [0.1, 0.15) is 0 Å². The molecule has 1 fully saturated rings. The molecule has 2 rings (SSSR count). The number of morpholine rings is 1. The normalized spacial score (nSPS) is 19.9. The maximum absolute atomic E-state index is 11.8. The highest BCUT2D eigenvalue weighted by Crippen LogP contribution is 2.11. The molecule has 0 aliphatic carbocycles. The van der Waals surface area contributed by atoms with Gasteiger partial charge >= 0.3 is 0 Å². The smallest absolute Gasteiger partial charge is 0.254 e. The molecular weight excluding hydrogens is 270 g/mol.